The smallest absolute Gasteiger partial charge is 0.257 e. The maximum Gasteiger partial charge on any atom is 0.257 e. The van der Waals surface area contributed by atoms with Gasteiger partial charge in [-0.25, -0.2) is 4.98 Å². The van der Waals surface area contributed by atoms with Crippen LogP contribution in [0.25, 0.3) is 17.0 Å². The fourth-order valence-corrected chi connectivity index (χ4v) is 3.46. The Morgan fingerprint density at radius 2 is 2.06 bits per heavy atom. The fraction of sp³-hybridized carbons (Fsp3) is 0.160. The van der Waals surface area contributed by atoms with Crippen LogP contribution in [0.4, 0.5) is 5.95 Å². The number of hydrogen-bond acceptors (Lipinski definition) is 4. The number of hydrogen-bond donors (Lipinski definition) is 1. The van der Waals surface area contributed by atoms with Crippen molar-refractivity contribution >= 4 is 23.8 Å². The zero-order valence-corrected chi connectivity index (χ0v) is 17.2. The molecule has 1 aliphatic rings. The molecule has 2 aromatic carbocycles. The lowest BCUT2D eigenvalue weighted by Crippen LogP contribution is -2.16. The van der Waals surface area contributed by atoms with E-state index in [0.29, 0.717) is 17.9 Å². The van der Waals surface area contributed by atoms with Crippen molar-refractivity contribution < 1.29 is 14.3 Å². The number of carbonyl (C=O) groups excluding carboxylic acids is 2. The highest BCUT2D eigenvalue weighted by atomic mass is 16.5. The molecule has 0 radical (unpaired) electrons. The molecule has 1 amide bonds. The average molecular weight is 413 g/mol. The van der Waals surface area contributed by atoms with Crippen LogP contribution in [0.2, 0.25) is 0 Å². The molecule has 0 saturated heterocycles. The molecule has 0 fully saturated rings. The number of methoxy groups -OCH3 is 1. The molecule has 0 unspecified atom stereocenters. The van der Waals surface area contributed by atoms with Crippen LogP contribution >= 0.6 is 0 Å². The van der Waals surface area contributed by atoms with Crippen molar-refractivity contribution in [1.29, 1.82) is 0 Å². The van der Waals surface area contributed by atoms with E-state index in [9.17, 15) is 9.59 Å². The maximum absolute atomic E-state index is 12.9. The number of anilines is 1. The summed E-state index contributed by atoms with van der Waals surface area (Å²) < 4.78 is 7.26. The normalized spacial score (nSPS) is 12.9. The molecular weight excluding hydrogens is 390 g/mol. The van der Waals surface area contributed by atoms with Crippen molar-refractivity contribution in [2.24, 2.45) is 0 Å². The SMILES string of the molecule is COc1cccc(-c2cn(C3=CC=CCC3)c(NC(=O)c3ccc(CC=O)cc3)n2)c1. The zero-order valence-electron chi connectivity index (χ0n) is 17.2. The molecule has 1 aliphatic carbocycles. The van der Waals surface area contributed by atoms with Gasteiger partial charge in [-0.2, -0.15) is 0 Å². The number of nitrogens with one attached hydrogen (secondary N) is 1. The third-order valence-corrected chi connectivity index (χ3v) is 5.13. The molecule has 0 atom stereocenters. The van der Waals surface area contributed by atoms with Gasteiger partial charge in [-0.15, -0.1) is 0 Å². The summed E-state index contributed by atoms with van der Waals surface area (Å²) in [6.07, 6.45) is 11.1. The maximum atomic E-state index is 12.9. The molecule has 0 spiro atoms. The standard InChI is InChI=1S/C25H23N3O3/c1-31-22-9-5-6-20(16-22)23-17-28(21-7-3-2-4-8-21)25(26-23)27-24(30)19-12-10-18(11-13-19)14-15-29/h2-3,5-7,9-13,15-17H,4,8,14H2,1H3,(H,26,27,30). The number of amides is 1. The first kappa shape index (κ1) is 20.3. The molecule has 0 bridgehead atoms. The predicted molar refractivity (Wildman–Crippen MR) is 121 cm³/mol. The van der Waals surface area contributed by atoms with Gasteiger partial charge >= 0.3 is 0 Å². The second-order valence-corrected chi connectivity index (χ2v) is 7.20. The van der Waals surface area contributed by atoms with E-state index in [0.717, 1.165) is 47.4 Å². The summed E-state index contributed by atoms with van der Waals surface area (Å²) in [6.45, 7) is 0. The van der Waals surface area contributed by atoms with Gasteiger partial charge in [-0.05, 0) is 48.7 Å². The van der Waals surface area contributed by atoms with Crippen LogP contribution in [0.5, 0.6) is 5.75 Å². The van der Waals surface area contributed by atoms with E-state index in [1.807, 2.05) is 47.2 Å². The van der Waals surface area contributed by atoms with Crippen LogP contribution in [-0.2, 0) is 11.2 Å². The number of allylic oxidation sites excluding steroid dienone is 4. The molecule has 3 aromatic rings. The topological polar surface area (TPSA) is 73.2 Å². The summed E-state index contributed by atoms with van der Waals surface area (Å²) >= 11 is 0. The largest absolute Gasteiger partial charge is 0.497 e. The molecule has 31 heavy (non-hydrogen) atoms. The van der Waals surface area contributed by atoms with Crippen molar-refractivity contribution in [3.05, 3.63) is 84.1 Å². The van der Waals surface area contributed by atoms with E-state index in [-0.39, 0.29) is 5.91 Å². The Kier molecular flexibility index (Phi) is 6.08. The first-order chi connectivity index (χ1) is 15.2. The summed E-state index contributed by atoms with van der Waals surface area (Å²) in [5.74, 6) is 0.947. The number of benzene rings is 2. The molecule has 156 valence electrons. The third-order valence-electron chi connectivity index (χ3n) is 5.13. The third kappa shape index (κ3) is 4.64. The van der Waals surface area contributed by atoms with Crippen LogP contribution in [0.1, 0.15) is 28.8 Å². The zero-order chi connectivity index (χ0) is 21.6. The van der Waals surface area contributed by atoms with E-state index in [1.54, 1.807) is 31.4 Å². The van der Waals surface area contributed by atoms with Gasteiger partial charge in [0.25, 0.3) is 5.91 Å². The second kappa shape index (κ2) is 9.26. The van der Waals surface area contributed by atoms with Gasteiger partial charge in [0.15, 0.2) is 0 Å². The summed E-state index contributed by atoms with van der Waals surface area (Å²) in [4.78, 5) is 28.3. The van der Waals surface area contributed by atoms with Gasteiger partial charge in [0.05, 0.1) is 12.8 Å². The number of imidazole rings is 1. The molecule has 0 aliphatic heterocycles. The summed E-state index contributed by atoms with van der Waals surface area (Å²) in [7, 11) is 1.63. The van der Waals surface area contributed by atoms with Crippen LogP contribution < -0.4 is 10.1 Å². The Morgan fingerprint density at radius 1 is 1.23 bits per heavy atom. The monoisotopic (exact) mass is 413 g/mol. The predicted octanol–water partition coefficient (Wildman–Crippen LogP) is 4.74. The van der Waals surface area contributed by atoms with Crippen molar-refractivity contribution in [2.75, 3.05) is 12.4 Å². The van der Waals surface area contributed by atoms with Gasteiger partial charge in [0.2, 0.25) is 5.95 Å². The Bertz CT molecular complexity index is 1160. The van der Waals surface area contributed by atoms with Gasteiger partial charge < -0.3 is 9.53 Å². The first-order valence-electron chi connectivity index (χ1n) is 10.1. The van der Waals surface area contributed by atoms with E-state index >= 15 is 0 Å². The Morgan fingerprint density at radius 3 is 2.77 bits per heavy atom. The van der Waals surface area contributed by atoms with E-state index in [4.69, 9.17) is 9.72 Å². The number of rotatable bonds is 7. The summed E-state index contributed by atoms with van der Waals surface area (Å²) in [5, 5.41) is 2.94. The van der Waals surface area contributed by atoms with Crippen LogP contribution in [0.15, 0.2) is 73.0 Å². The summed E-state index contributed by atoms with van der Waals surface area (Å²) in [6, 6.07) is 14.7. The van der Waals surface area contributed by atoms with Crippen molar-refractivity contribution in [3.63, 3.8) is 0 Å². The van der Waals surface area contributed by atoms with Crippen molar-refractivity contribution in [2.45, 2.75) is 19.3 Å². The number of carbonyl (C=O) groups is 2. The van der Waals surface area contributed by atoms with Gasteiger partial charge in [-0.3, -0.25) is 14.7 Å². The average Bonchev–Trinajstić information content (AvgIpc) is 3.24. The van der Waals surface area contributed by atoms with Gasteiger partial charge in [-0.1, -0.05) is 36.4 Å². The Hall–Kier alpha value is -3.93. The fourth-order valence-electron chi connectivity index (χ4n) is 3.46. The van der Waals surface area contributed by atoms with E-state index in [1.165, 1.54) is 0 Å². The van der Waals surface area contributed by atoms with E-state index in [2.05, 4.69) is 11.4 Å². The van der Waals surface area contributed by atoms with Gasteiger partial charge in [0.1, 0.15) is 12.0 Å². The lowest BCUT2D eigenvalue weighted by molar-refractivity contribution is -0.107. The highest BCUT2D eigenvalue weighted by Crippen LogP contribution is 2.29. The summed E-state index contributed by atoms with van der Waals surface area (Å²) in [5.41, 5.74) is 4.07. The Balaban J connectivity index is 1.67. The van der Waals surface area contributed by atoms with Crippen molar-refractivity contribution in [3.8, 4) is 17.0 Å². The highest BCUT2D eigenvalue weighted by Gasteiger charge is 2.17. The lowest BCUT2D eigenvalue weighted by atomic mass is 10.1. The first-order valence-corrected chi connectivity index (χ1v) is 10.1. The molecule has 6 heteroatoms. The lowest BCUT2D eigenvalue weighted by Gasteiger charge is -2.13. The van der Waals surface area contributed by atoms with Crippen LogP contribution in [0, 0.1) is 0 Å². The molecule has 0 saturated carbocycles. The second-order valence-electron chi connectivity index (χ2n) is 7.20. The molecule has 6 nitrogen and oxygen atoms in total. The number of ether oxygens (including phenoxy) is 1. The van der Waals surface area contributed by atoms with Gasteiger partial charge in [0, 0.05) is 29.4 Å². The minimum absolute atomic E-state index is 0.256. The molecule has 1 heterocycles. The molecule has 1 aromatic heterocycles. The quantitative estimate of drug-likeness (QED) is 0.568. The molecular formula is C25H23N3O3. The number of nitrogens with zero attached hydrogens (tertiary/aromatic N) is 2. The van der Waals surface area contributed by atoms with Crippen molar-refractivity contribution in [1.82, 2.24) is 9.55 Å². The van der Waals surface area contributed by atoms with E-state index < -0.39 is 0 Å². The highest BCUT2D eigenvalue weighted by molar-refractivity contribution is 6.03. The number of aldehydes is 1. The van der Waals surface area contributed by atoms with Crippen LogP contribution in [-0.4, -0.2) is 28.9 Å². The minimum Gasteiger partial charge on any atom is -0.497 e. The minimum atomic E-state index is -0.256. The van der Waals surface area contributed by atoms with Crippen LogP contribution in [0.3, 0.4) is 0 Å². The molecule has 4 rings (SSSR count). The Labute approximate surface area is 180 Å². The molecule has 1 N–H and O–H groups in total. The number of aromatic nitrogens is 2.